The van der Waals surface area contributed by atoms with E-state index in [2.05, 4.69) is 62.8 Å². The van der Waals surface area contributed by atoms with Crippen molar-refractivity contribution in [2.24, 2.45) is 5.92 Å². The minimum absolute atomic E-state index is 0.0270. The summed E-state index contributed by atoms with van der Waals surface area (Å²) in [5, 5.41) is 10.5. The molecule has 0 N–H and O–H groups in total. The summed E-state index contributed by atoms with van der Waals surface area (Å²) in [5.41, 5.74) is 3.73. The molecule has 0 aliphatic carbocycles. The van der Waals surface area contributed by atoms with Gasteiger partial charge in [0.05, 0.1) is 6.61 Å². The number of morpholine rings is 1. The second-order valence-corrected chi connectivity index (χ2v) is 9.11. The summed E-state index contributed by atoms with van der Waals surface area (Å²) in [4.78, 5) is 0. The third-order valence-electron chi connectivity index (χ3n) is 6.93. The fraction of sp³-hybridized carbons (Fsp3) is 0.760. The van der Waals surface area contributed by atoms with E-state index < -0.39 is 0 Å². The lowest BCUT2D eigenvalue weighted by Gasteiger charge is -2.64. The summed E-state index contributed by atoms with van der Waals surface area (Å²) < 4.78 is 6.46. The van der Waals surface area contributed by atoms with E-state index in [9.17, 15) is 0 Å². The zero-order valence-corrected chi connectivity index (χ0v) is 19.4. The van der Waals surface area contributed by atoms with E-state index in [-0.39, 0.29) is 11.8 Å². The van der Waals surface area contributed by atoms with E-state index in [4.69, 9.17) is 10.1 Å². The second-order valence-electron chi connectivity index (χ2n) is 9.11. The Labute approximate surface area is 179 Å². The highest BCUT2D eigenvalue weighted by Crippen LogP contribution is 2.49. The minimum atomic E-state index is -0.238. The Morgan fingerprint density at radius 2 is 1.76 bits per heavy atom. The molecule has 2 fully saturated rings. The molecule has 1 aromatic carbocycles. The van der Waals surface area contributed by atoms with Gasteiger partial charge in [0.2, 0.25) is 0 Å². The highest BCUT2D eigenvalue weighted by Gasteiger charge is 2.61. The van der Waals surface area contributed by atoms with E-state index in [1.807, 2.05) is 0 Å². The zero-order valence-electron chi connectivity index (χ0n) is 19.4. The average Bonchev–Trinajstić information content (AvgIpc) is 2.73. The average molecular weight is 401 g/mol. The van der Waals surface area contributed by atoms with Crippen LogP contribution in [0.25, 0.3) is 0 Å². The molecule has 2 heterocycles. The van der Waals surface area contributed by atoms with Crippen LogP contribution in [0.15, 0.2) is 18.2 Å². The van der Waals surface area contributed by atoms with Gasteiger partial charge in [0, 0.05) is 32.1 Å². The van der Waals surface area contributed by atoms with E-state index in [0.29, 0.717) is 5.92 Å². The van der Waals surface area contributed by atoms with E-state index in [1.165, 1.54) is 55.2 Å². The molecular weight excluding hydrogens is 358 g/mol. The van der Waals surface area contributed by atoms with Crippen molar-refractivity contribution in [1.29, 1.82) is 0 Å². The maximum Gasteiger partial charge on any atom is 0.134 e. The maximum atomic E-state index is 6.46. The Balaban J connectivity index is 1.85. The number of rotatable bonds is 10. The van der Waals surface area contributed by atoms with Gasteiger partial charge in [-0.15, -0.1) is 0 Å². The first kappa shape index (κ1) is 22.7. The number of benzene rings is 1. The monoisotopic (exact) mass is 400 g/mol. The summed E-state index contributed by atoms with van der Waals surface area (Å²) in [6, 6.07) is 6.83. The summed E-state index contributed by atoms with van der Waals surface area (Å²) in [7, 11) is 0. The molecule has 3 rings (SSSR count). The summed E-state index contributed by atoms with van der Waals surface area (Å²) >= 11 is 0. The molecule has 3 atom stereocenters. The minimum Gasteiger partial charge on any atom is -0.369 e. The Kier molecular flexibility index (Phi) is 8.15. The molecule has 3 unspecified atom stereocenters. The molecule has 0 amide bonds. The van der Waals surface area contributed by atoms with E-state index in [0.717, 1.165) is 32.8 Å². The number of unbranched alkanes of at least 4 members (excludes halogenated alkanes) is 4. The van der Waals surface area contributed by atoms with Crippen LogP contribution in [-0.4, -0.2) is 48.5 Å². The number of aryl methyl sites for hydroxylation is 2. The summed E-state index contributed by atoms with van der Waals surface area (Å²) in [6.07, 6.45) is 7.69. The SMILES string of the molecule is CCCCCN(CCCCC)N1CC(C)C12[N]CCOC2c1ccc(C)c(C)c1. The van der Waals surface area contributed by atoms with Crippen molar-refractivity contribution in [3.05, 3.63) is 34.9 Å². The van der Waals surface area contributed by atoms with Crippen LogP contribution in [-0.2, 0) is 4.74 Å². The molecule has 4 heteroatoms. The molecule has 163 valence electrons. The van der Waals surface area contributed by atoms with Crippen LogP contribution in [0.2, 0.25) is 0 Å². The van der Waals surface area contributed by atoms with Gasteiger partial charge in [-0.05, 0) is 43.4 Å². The number of hydrogen-bond acceptors (Lipinski definition) is 3. The first-order chi connectivity index (χ1) is 14.0. The van der Waals surface area contributed by atoms with Gasteiger partial charge in [0.1, 0.15) is 11.8 Å². The molecule has 0 aromatic heterocycles. The van der Waals surface area contributed by atoms with Crippen LogP contribution < -0.4 is 5.32 Å². The number of nitrogens with zero attached hydrogens (tertiary/aromatic N) is 3. The van der Waals surface area contributed by atoms with Gasteiger partial charge in [-0.25, -0.2) is 15.3 Å². The topological polar surface area (TPSA) is 29.8 Å². The number of ether oxygens (including phenoxy) is 1. The standard InChI is InChI=1S/C25H42N3O/c1-6-8-10-15-27(16-11-9-7-2)28-19-22(5)25(28)24(29-17-14-26-25)23-13-12-20(3)21(4)18-23/h12-13,18,22,24H,6-11,14-17,19H2,1-5H3. The first-order valence-corrected chi connectivity index (χ1v) is 11.9. The molecule has 0 bridgehead atoms. The van der Waals surface area contributed by atoms with Crippen molar-refractivity contribution >= 4 is 0 Å². The smallest absolute Gasteiger partial charge is 0.134 e. The van der Waals surface area contributed by atoms with Crippen molar-refractivity contribution in [1.82, 2.24) is 15.3 Å². The first-order valence-electron chi connectivity index (χ1n) is 11.9. The normalized spacial score (nSPS) is 27.5. The molecule has 1 aromatic rings. The quantitative estimate of drug-likeness (QED) is 0.504. The highest BCUT2D eigenvalue weighted by atomic mass is 16.5. The highest BCUT2D eigenvalue weighted by molar-refractivity contribution is 5.34. The molecule has 4 nitrogen and oxygen atoms in total. The predicted molar refractivity (Wildman–Crippen MR) is 121 cm³/mol. The van der Waals surface area contributed by atoms with Crippen LogP contribution in [0.1, 0.15) is 82.1 Å². The lowest BCUT2D eigenvalue weighted by Crippen LogP contribution is -2.79. The Hall–Kier alpha value is -0.940. The molecule has 29 heavy (non-hydrogen) atoms. The zero-order chi connectivity index (χ0) is 20.9. The van der Waals surface area contributed by atoms with Gasteiger partial charge < -0.3 is 4.74 Å². The van der Waals surface area contributed by atoms with Crippen molar-refractivity contribution in [2.45, 2.75) is 84.9 Å². The molecular formula is C25H42N3O. The van der Waals surface area contributed by atoms with Gasteiger partial charge in [0.25, 0.3) is 0 Å². The van der Waals surface area contributed by atoms with Crippen molar-refractivity contribution in [3.63, 3.8) is 0 Å². The molecule has 2 saturated heterocycles. The molecule has 2 aliphatic rings. The van der Waals surface area contributed by atoms with Crippen LogP contribution in [0.4, 0.5) is 0 Å². The van der Waals surface area contributed by atoms with Crippen LogP contribution in [0, 0.1) is 19.8 Å². The third kappa shape index (κ3) is 4.71. The Morgan fingerprint density at radius 3 is 2.34 bits per heavy atom. The van der Waals surface area contributed by atoms with E-state index >= 15 is 0 Å². The predicted octanol–water partition coefficient (Wildman–Crippen LogP) is 5.22. The number of hydrogen-bond donors (Lipinski definition) is 0. The van der Waals surface area contributed by atoms with Gasteiger partial charge in [-0.1, -0.05) is 64.7 Å². The Bertz CT molecular complexity index is 639. The molecule has 1 radical (unpaired) electrons. The third-order valence-corrected chi connectivity index (χ3v) is 6.93. The lowest BCUT2D eigenvalue weighted by molar-refractivity contribution is -0.288. The van der Waals surface area contributed by atoms with Gasteiger partial charge in [-0.2, -0.15) is 0 Å². The van der Waals surface area contributed by atoms with Gasteiger partial charge in [-0.3, -0.25) is 0 Å². The van der Waals surface area contributed by atoms with Crippen molar-refractivity contribution in [2.75, 3.05) is 32.8 Å². The van der Waals surface area contributed by atoms with Gasteiger partial charge >= 0.3 is 0 Å². The van der Waals surface area contributed by atoms with Crippen LogP contribution in [0.5, 0.6) is 0 Å². The van der Waals surface area contributed by atoms with Gasteiger partial charge in [0.15, 0.2) is 0 Å². The fourth-order valence-corrected chi connectivity index (χ4v) is 4.97. The van der Waals surface area contributed by atoms with Crippen molar-refractivity contribution in [3.8, 4) is 0 Å². The maximum absolute atomic E-state index is 6.46. The fourth-order valence-electron chi connectivity index (χ4n) is 4.97. The molecule has 2 aliphatic heterocycles. The molecule has 1 spiro atoms. The molecule has 0 saturated carbocycles. The van der Waals surface area contributed by atoms with E-state index in [1.54, 1.807) is 0 Å². The summed E-state index contributed by atoms with van der Waals surface area (Å²) in [6.45, 7) is 16.2. The number of hydrazine groups is 1. The lowest BCUT2D eigenvalue weighted by atomic mass is 9.76. The van der Waals surface area contributed by atoms with Crippen molar-refractivity contribution < 1.29 is 4.74 Å². The Morgan fingerprint density at radius 1 is 1.07 bits per heavy atom. The van der Waals surface area contributed by atoms with Crippen LogP contribution >= 0.6 is 0 Å². The second kappa shape index (κ2) is 10.4. The largest absolute Gasteiger partial charge is 0.369 e. The summed E-state index contributed by atoms with van der Waals surface area (Å²) in [5.74, 6) is 0.509. The van der Waals surface area contributed by atoms with Crippen LogP contribution in [0.3, 0.4) is 0 Å².